The molecule has 10 heteroatoms. The third-order valence-electron chi connectivity index (χ3n) is 20.7. The van der Waals surface area contributed by atoms with E-state index >= 15 is 0 Å². The maximum atomic E-state index is 5.82. The zero-order valence-electron chi connectivity index (χ0n) is 61.9. The van der Waals surface area contributed by atoms with Crippen LogP contribution in [0.3, 0.4) is 0 Å². The predicted molar refractivity (Wildman–Crippen MR) is 436 cm³/mol. The van der Waals surface area contributed by atoms with E-state index in [-0.39, 0.29) is 32.5 Å². The van der Waals surface area contributed by atoms with Crippen molar-refractivity contribution in [1.29, 1.82) is 0 Å². The molecule has 0 saturated heterocycles. The van der Waals surface area contributed by atoms with Crippen LogP contribution in [0.1, 0.15) is 158 Å². The predicted octanol–water partition coefficient (Wildman–Crippen LogP) is 26.2. The van der Waals surface area contributed by atoms with Crippen molar-refractivity contribution in [3.8, 4) is 112 Å². The first-order chi connectivity index (χ1) is 48.1. The first-order valence-corrected chi connectivity index (χ1v) is 37.2. The molecule has 3 aromatic heterocycles. The van der Waals surface area contributed by atoms with Gasteiger partial charge in [-0.05, 0) is 213 Å². The molecule has 2 N–H and O–H groups in total. The molecule has 2 aliphatic rings. The Hall–Kier alpha value is -9.48. The number of hydrogen-bond acceptors (Lipinski definition) is 6. The Balaban J connectivity index is 1.10. The molecule has 0 unspecified atom stereocenters. The SMILES string of the molecule is CC(C)(C)c1ccc(-c2cc3c(cc2-c2ccc(C(C)(C)C)cc2)-c2nc-3nc3[nH]c(nc4nc(nc5[nH]c(n2)c2cc(-c6ccc(C(C)(C)C)cc6)c(-c6ccc(C(C)(C)C)cc6)cc52)-c2cc(Br)c(Br)cc2-4)c2cc(-c4ccc(C(C)(C)C)cc4)c(-c4ccc(C(C)(C)C)cc4)cc32)cc1. The molecule has 8 bridgehead atoms. The molecule has 0 atom stereocenters. The number of fused-ring (bicyclic) bond motifs is 20. The normalized spacial score (nSPS) is 12.9. The van der Waals surface area contributed by atoms with Crippen LogP contribution in [0.4, 0.5) is 0 Å². The van der Waals surface area contributed by atoms with Crippen LogP contribution < -0.4 is 0 Å². The summed E-state index contributed by atoms with van der Waals surface area (Å²) < 4.78 is 1.73. The second kappa shape index (κ2) is 24.6. The fourth-order valence-electron chi connectivity index (χ4n) is 14.3. The van der Waals surface area contributed by atoms with Crippen LogP contribution in [0.25, 0.3) is 156 Å². The van der Waals surface area contributed by atoms with Crippen LogP contribution >= 0.6 is 31.9 Å². The summed E-state index contributed by atoms with van der Waals surface area (Å²) in [5.74, 6) is 2.03. The molecule has 8 nitrogen and oxygen atoms in total. The van der Waals surface area contributed by atoms with Crippen molar-refractivity contribution >= 4 is 76.0 Å². The highest BCUT2D eigenvalue weighted by Gasteiger charge is 2.29. The maximum Gasteiger partial charge on any atom is 0.164 e. The summed E-state index contributed by atoms with van der Waals surface area (Å²) in [6.45, 7) is 40.8. The molecule has 0 aliphatic carbocycles. The van der Waals surface area contributed by atoms with Crippen molar-refractivity contribution in [2.75, 3.05) is 0 Å². The zero-order chi connectivity index (χ0) is 72.1. The molecule has 0 amide bonds. The molecule has 0 fully saturated rings. The molecule has 15 rings (SSSR count). The molecule has 13 aromatic rings. The summed E-state index contributed by atoms with van der Waals surface area (Å²) in [4.78, 5) is 41.8. The van der Waals surface area contributed by atoms with E-state index in [1.807, 2.05) is 0 Å². The molecule has 0 saturated carbocycles. The Kier molecular flexibility index (Phi) is 16.5. The van der Waals surface area contributed by atoms with E-state index in [0.717, 1.165) is 120 Å². The Morgan fingerprint density at radius 1 is 0.206 bits per heavy atom. The average Bonchev–Trinajstić information content (AvgIpc) is 1.57. The largest absolute Gasteiger partial charge is 0.324 e. The van der Waals surface area contributed by atoms with Gasteiger partial charge in [-0.1, -0.05) is 270 Å². The van der Waals surface area contributed by atoms with E-state index in [9.17, 15) is 0 Å². The molecule has 0 spiro atoms. The maximum absolute atomic E-state index is 5.82. The Labute approximate surface area is 617 Å². The van der Waals surface area contributed by atoms with Gasteiger partial charge in [0.05, 0.1) is 0 Å². The third kappa shape index (κ3) is 12.8. The van der Waals surface area contributed by atoms with Crippen molar-refractivity contribution in [2.45, 2.75) is 157 Å². The number of benzene rings is 10. The summed E-state index contributed by atoms with van der Waals surface area (Å²) in [5.41, 5.74) is 26.0. The highest BCUT2D eigenvalue weighted by atomic mass is 79.9. The number of aromatic amines is 2. The lowest BCUT2D eigenvalue weighted by Crippen LogP contribution is -2.10. The van der Waals surface area contributed by atoms with E-state index in [4.69, 9.17) is 29.9 Å². The van der Waals surface area contributed by atoms with E-state index in [0.29, 0.717) is 45.9 Å². The van der Waals surface area contributed by atoms with Crippen LogP contribution in [0.2, 0.25) is 0 Å². The summed E-state index contributed by atoms with van der Waals surface area (Å²) >= 11 is 7.79. The molecule has 5 heterocycles. The van der Waals surface area contributed by atoms with Crippen molar-refractivity contribution in [1.82, 2.24) is 39.9 Å². The van der Waals surface area contributed by atoms with Crippen LogP contribution in [0, 0.1) is 0 Å². The number of rotatable bonds is 6. The monoisotopic (exact) mass is 1460 g/mol. The van der Waals surface area contributed by atoms with Gasteiger partial charge < -0.3 is 9.97 Å². The Morgan fingerprint density at radius 2 is 0.373 bits per heavy atom. The first-order valence-electron chi connectivity index (χ1n) is 35.6. The van der Waals surface area contributed by atoms with Crippen LogP contribution in [0.15, 0.2) is 203 Å². The van der Waals surface area contributed by atoms with Gasteiger partial charge in [0.15, 0.2) is 23.3 Å². The van der Waals surface area contributed by atoms with Crippen LogP contribution in [0.5, 0.6) is 0 Å². The van der Waals surface area contributed by atoms with Crippen LogP contribution in [-0.4, -0.2) is 39.9 Å². The quantitative estimate of drug-likeness (QED) is 0.172. The Morgan fingerprint density at radius 3 is 0.549 bits per heavy atom. The van der Waals surface area contributed by atoms with Gasteiger partial charge in [-0.2, -0.15) is 0 Å². The summed E-state index contributed by atoms with van der Waals surface area (Å²) in [6, 6.07) is 72.4. The number of nitrogens with zero attached hydrogens (tertiary/aromatic N) is 6. The molecule has 10 aromatic carbocycles. The zero-order valence-corrected chi connectivity index (χ0v) is 65.1. The number of halogens is 2. The second-order valence-electron chi connectivity index (χ2n) is 34.2. The van der Waals surface area contributed by atoms with E-state index in [1.165, 1.54) is 33.4 Å². The number of H-pyrrole nitrogens is 2. The molecule has 510 valence electrons. The minimum absolute atomic E-state index is 0.0360. The third-order valence-corrected chi connectivity index (χ3v) is 22.5. The van der Waals surface area contributed by atoms with Gasteiger partial charge in [-0.25, -0.2) is 29.9 Å². The molecular weight excluding hydrogens is 1380 g/mol. The van der Waals surface area contributed by atoms with E-state index < -0.39 is 0 Å². The van der Waals surface area contributed by atoms with Crippen molar-refractivity contribution in [2.24, 2.45) is 0 Å². The standard InChI is InChI=1S/C92H88Br2N8/c1-87(2,3)57-31-19-51(20-32-57)63-43-69-70(44-64(63)52-21-33-58(34-22-52)88(4,5)6)80-95-79(69)96-81-71-45-65(53-23-35-59(36-24-53)89(7,8)9)67(55-27-39-61(40-28-55)91(13,14)15)47-73(71)83(98-81)100-85-75-49-77(93)78(94)50-76(75)86(102-85)101-84-74-48-68(56-29-41-62(42-30-56)92(16,17)18)66(46-72(74)82(97-80)99-84)54-25-37-60(38-26-54)90(10,11)12/h19-50H,1-18H3,(H2,95,96,97,98,99,100,101,102). The lowest BCUT2D eigenvalue weighted by molar-refractivity contribution is 0.590. The van der Waals surface area contributed by atoms with E-state index in [1.54, 1.807) is 0 Å². The topological polar surface area (TPSA) is 109 Å². The molecule has 0 radical (unpaired) electrons. The summed E-state index contributed by atoms with van der Waals surface area (Å²) in [7, 11) is 0. The minimum atomic E-state index is -0.0444. The lowest BCUT2D eigenvalue weighted by Gasteiger charge is -2.21. The fourth-order valence-corrected chi connectivity index (χ4v) is 14.9. The van der Waals surface area contributed by atoms with Crippen molar-refractivity contribution in [3.63, 3.8) is 0 Å². The summed E-state index contributed by atoms with van der Waals surface area (Å²) in [5, 5.41) is 3.51. The van der Waals surface area contributed by atoms with Gasteiger partial charge in [-0.3, -0.25) is 0 Å². The molecular formula is C92H88Br2N8. The first kappa shape index (κ1) is 68.3. The van der Waals surface area contributed by atoms with Crippen LogP contribution in [-0.2, 0) is 32.5 Å². The number of hydrogen-bond donors (Lipinski definition) is 2. The summed E-state index contributed by atoms with van der Waals surface area (Å²) in [6.07, 6.45) is 0. The Bertz CT molecular complexity index is 5350. The minimum Gasteiger partial charge on any atom is -0.324 e. The fraction of sp³-hybridized carbons (Fsp3) is 0.261. The smallest absolute Gasteiger partial charge is 0.164 e. The van der Waals surface area contributed by atoms with Gasteiger partial charge >= 0.3 is 0 Å². The van der Waals surface area contributed by atoms with Gasteiger partial charge in [0.25, 0.3) is 0 Å². The number of nitrogens with one attached hydrogen (secondary N) is 2. The van der Waals surface area contributed by atoms with Gasteiger partial charge in [0.2, 0.25) is 0 Å². The van der Waals surface area contributed by atoms with Crippen molar-refractivity contribution in [3.05, 3.63) is 236 Å². The second-order valence-corrected chi connectivity index (χ2v) is 35.9. The number of aromatic nitrogens is 8. The van der Waals surface area contributed by atoms with E-state index in [2.05, 4.69) is 361 Å². The van der Waals surface area contributed by atoms with Gasteiger partial charge in [0.1, 0.15) is 22.6 Å². The van der Waals surface area contributed by atoms with Crippen molar-refractivity contribution < 1.29 is 0 Å². The highest BCUT2D eigenvalue weighted by molar-refractivity contribution is 9.13. The average molecular weight is 1470 g/mol. The highest BCUT2D eigenvalue weighted by Crippen LogP contribution is 2.48. The lowest BCUT2D eigenvalue weighted by atomic mass is 9.84. The van der Waals surface area contributed by atoms with Gasteiger partial charge in [-0.15, -0.1) is 0 Å². The van der Waals surface area contributed by atoms with Gasteiger partial charge in [0, 0.05) is 52.7 Å². The molecule has 102 heavy (non-hydrogen) atoms. The molecule has 2 aliphatic heterocycles.